The van der Waals surface area contributed by atoms with Crippen LogP contribution in [-0.4, -0.2) is 14.5 Å². The van der Waals surface area contributed by atoms with Crippen molar-refractivity contribution < 1.29 is 4.39 Å². The molecule has 16 heavy (non-hydrogen) atoms. The van der Waals surface area contributed by atoms with E-state index in [0.29, 0.717) is 0 Å². The third-order valence-electron chi connectivity index (χ3n) is 2.35. The van der Waals surface area contributed by atoms with Crippen molar-refractivity contribution in [3.05, 3.63) is 22.4 Å². The highest BCUT2D eigenvalue weighted by Crippen LogP contribution is 2.23. The Morgan fingerprint density at radius 2 is 2.12 bits per heavy atom. The average Bonchev–Trinajstić information content (AvgIpc) is 2.41. The molecule has 5 nitrogen and oxygen atoms in total. The van der Waals surface area contributed by atoms with Gasteiger partial charge in [0.2, 0.25) is 5.95 Å². The number of aromatic nitrogens is 3. The highest BCUT2D eigenvalue weighted by Gasteiger charge is 2.21. The molecule has 0 unspecified atom stereocenters. The molecular formula is C10H13FN4O. The van der Waals surface area contributed by atoms with Crippen LogP contribution in [0.25, 0.3) is 11.0 Å². The lowest BCUT2D eigenvalue weighted by Crippen LogP contribution is -2.22. The molecule has 6 heteroatoms. The Kier molecular flexibility index (Phi) is 2.04. The van der Waals surface area contributed by atoms with Crippen LogP contribution >= 0.6 is 0 Å². The lowest BCUT2D eigenvalue weighted by Gasteiger charge is -2.21. The standard InChI is InChI=1S/C10H13FN4O/c1-10(2,3)15-4-5(11)6-7(15)13-9(12)14-8(6)16/h4H,1-3H3,(H3,12,13,14,16). The molecule has 0 aliphatic carbocycles. The SMILES string of the molecule is CC(C)(C)n1cc(F)c2c(=O)[nH]c(N)nc21. The second kappa shape index (κ2) is 3.07. The largest absolute Gasteiger partial charge is 0.369 e. The van der Waals surface area contributed by atoms with Gasteiger partial charge in [-0.25, -0.2) is 4.39 Å². The van der Waals surface area contributed by atoms with Crippen molar-refractivity contribution >= 4 is 17.0 Å². The Bertz CT molecular complexity index is 606. The molecule has 0 spiro atoms. The number of hydrogen-bond acceptors (Lipinski definition) is 3. The summed E-state index contributed by atoms with van der Waals surface area (Å²) in [5.41, 5.74) is 4.80. The third-order valence-corrected chi connectivity index (χ3v) is 2.35. The molecule has 0 aromatic carbocycles. The smallest absolute Gasteiger partial charge is 0.264 e. The molecule has 0 saturated carbocycles. The van der Waals surface area contributed by atoms with E-state index in [9.17, 15) is 9.18 Å². The van der Waals surface area contributed by atoms with E-state index in [0.717, 1.165) is 0 Å². The van der Waals surface area contributed by atoms with Crippen LogP contribution in [-0.2, 0) is 5.54 Å². The normalized spacial score (nSPS) is 12.2. The lowest BCUT2D eigenvalue weighted by molar-refractivity contribution is 0.404. The van der Waals surface area contributed by atoms with Crippen molar-refractivity contribution in [2.75, 3.05) is 5.73 Å². The molecule has 86 valence electrons. The Balaban J connectivity index is 2.95. The van der Waals surface area contributed by atoms with E-state index < -0.39 is 11.4 Å². The molecule has 0 aliphatic rings. The predicted octanol–water partition coefficient (Wildman–Crippen LogP) is 1.20. The van der Waals surface area contributed by atoms with Gasteiger partial charge >= 0.3 is 0 Å². The second-order valence-electron chi connectivity index (χ2n) is 4.67. The van der Waals surface area contributed by atoms with Crippen molar-refractivity contribution in [3.8, 4) is 0 Å². The summed E-state index contributed by atoms with van der Waals surface area (Å²) in [5, 5.41) is -0.0517. The van der Waals surface area contributed by atoms with Crippen LogP contribution in [0.2, 0.25) is 0 Å². The van der Waals surface area contributed by atoms with Crippen LogP contribution in [0.15, 0.2) is 11.0 Å². The Morgan fingerprint density at radius 3 is 2.69 bits per heavy atom. The molecule has 0 amide bonds. The summed E-state index contributed by atoms with van der Waals surface area (Å²) in [6.45, 7) is 5.68. The first-order chi connectivity index (χ1) is 7.30. The van der Waals surface area contributed by atoms with Crippen LogP contribution in [0.4, 0.5) is 10.3 Å². The monoisotopic (exact) mass is 224 g/mol. The first kappa shape index (κ1) is 10.7. The maximum Gasteiger partial charge on any atom is 0.264 e. The van der Waals surface area contributed by atoms with Gasteiger partial charge in [0.05, 0.1) is 0 Å². The molecule has 2 aromatic rings. The van der Waals surface area contributed by atoms with Crippen LogP contribution < -0.4 is 11.3 Å². The maximum absolute atomic E-state index is 13.6. The highest BCUT2D eigenvalue weighted by atomic mass is 19.1. The molecular weight excluding hydrogens is 211 g/mol. The van der Waals surface area contributed by atoms with E-state index in [1.54, 1.807) is 4.57 Å². The molecule has 0 fully saturated rings. The minimum absolute atomic E-state index is 0.0129. The number of nitrogens with one attached hydrogen (secondary N) is 1. The molecule has 2 rings (SSSR count). The van der Waals surface area contributed by atoms with Gasteiger partial charge in [-0.3, -0.25) is 9.78 Å². The number of nitrogens with two attached hydrogens (primary N) is 1. The van der Waals surface area contributed by atoms with Gasteiger partial charge in [-0.2, -0.15) is 4.98 Å². The summed E-state index contributed by atoms with van der Waals surface area (Å²) in [6, 6.07) is 0. The van der Waals surface area contributed by atoms with Crippen LogP contribution in [0, 0.1) is 5.82 Å². The fraction of sp³-hybridized carbons (Fsp3) is 0.400. The van der Waals surface area contributed by atoms with Gasteiger partial charge < -0.3 is 10.3 Å². The van der Waals surface area contributed by atoms with Crippen molar-refractivity contribution in [2.45, 2.75) is 26.3 Å². The van der Waals surface area contributed by atoms with E-state index in [-0.39, 0.29) is 22.5 Å². The summed E-state index contributed by atoms with van der Waals surface area (Å²) in [7, 11) is 0. The summed E-state index contributed by atoms with van der Waals surface area (Å²) in [4.78, 5) is 17.8. The number of hydrogen-bond donors (Lipinski definition) is 2. The van der Waals surface area contributed by atoms with Crippen molar-refractivity contribution in [3.63, 3.8) is 0 Å². The summed E-state index contributed by atoms with van der Waals surface area (Å²) < 4.78 is 15.2. The number of nitrogen functional groups attached to an aromatic ring is 1. The zero-order chi connectivity index (χ0) is 12.1. The number of aromatic amines is 1. The number of H-pyrrole nitrogens is 1. The molecule has 2 aromatic heterocycles. The van der Waals surface area contributed by atoms with E-state index in [1.807, 2.05) is 20.8 Å². The summed E-state index contributed by atoms with van der Waals surface area (Å²) in [5.74, 6) is -0.597. The minimum atomic E-state index is -0.585. The third kappa shape index (κ3) is 1.46. The van der Waals surface area contributed by atoms with E-state index in [2.05, 4.69) is 9.97 Å². The van der Waals surface area contributed by atoms with E-state index >= 15 is 0 Å². The molecule has 0 atom stereocenters. The molecule has 0 bridgehead atoms. The fourth-order valence-electron chi connectivity index (χ4n) is 1.62. The van der Waals surface area contributed by atoms with Gasteiger partial charge in [-0.1, -0.05) is 0 Å². The van der Waals surface area contributed by atoms with Crippen molar-refractivity contribution in [1.29, 1.82) is 0 Å². The second-order valence-corrected chi connectivity index (χ2v) is 4.67. The van der Waals surface area contributed by atoms with Crippen molar-refractivity contribution in [1.82, 2.24) is 14.5 Å². The van der Waals surface area contributed by atoms with Gasteiger partial charge in [-0.05, 0) is 20.8 Å². The van der Waals surface area contributed by atoms with E-state index in [1.165, 1.54) is 6.20 Å². The van der Waals surface area contributed by atoms with Crippen molar-refractivity contribution in [2.24, 2.45) is 0 Å². The molecule has 0 radical (unpaired) electrons. The topological polar surface area (TPSA) is 76.7 Å². The molecule has 0 aliphatic heterocycles. The predicted molar refractivity (Wildman–Crippen MR) is 59.7 cm³/mol. The summed E-state index contributed by atoms with van der Waals surface area (Å²) in [6.07, 6.45) is 1.27. The van der Waals surface area contributed by atoms with Gasteiger partial charge in [0.15, 0.2) is 11.5 Å². The zero-order valence-electron chi connectivity index (χ0n) is 9.34. The average molecular weight is 224 g/mol. The molecule has 3 N–H and O–H groups in total. The number of fused-ring (bicyclic) bond motifs is 1. The van der Waals surface area contributed by atoms with E-state index in [4.69, 9.17) is 5.73 Å². The molecule has 0 saturated heterocycles. The first-order valence-electron chi connectivity index (χ1n) is 4.87. The Labute approximate surface area is 91.1 Å². The Morgan fingerprint density at radius 1 is 1.50 bits per heavy atom. The van der Waals surface area contributed by atoms with Gasteiger partial charge in [0.1, 0.15) is 5.39 Å². The number of nitrogens with zero attached hydrogens (tertiary/aromatic N) is 2. The fourth-order valence-corrected chi connectivity index (χ4v) is 1.62. The number of anilines is 1. The first-order valence-corrected chi connectivity index (χ1v) is 4.87. The van der Waals surface area contributed by atoms with Crippen LogP contribution in [0.1, 0.15) is 20.8 Å². The number of halogens is 1. The van der Waals surface area contributed by atoms with Gasteiger partial charge in [-0.15, -0.1) is 0 Å². The van der Waals surface area contributed by atoms with Crippen LogP contribution in [0.5, 0.6) is 0 Å². The Hall–Kier alpha value is -1.85. The van der Waals surface area contributed by atoms with Gasteiger partial charge in [0, 0.05) is 11.7 Å². The minimum Gasteiger partial charge on any atom is -0.369 e. The lowest BCUT2D eigenvalue weighted by atomic mass is 10.1. The number of rotatable bonds is 0. The molecule has 2 heterocycles. The summed E-state index contributed by atoms with van der Waals surface area (Å²) >= 11 is 0. The zero-order valence-corrected chi connectivity index (χ0v) is 9.34. The highest BCUT2D eigenvalue weighted by molar-refractivity contribution is 5.77. The van der Waals surface area contributed by atoms with Gasteiger partial charge in [0.25, 0.3) is 5.56 Å². The van der Waals surface area contributed by atoms with Crippen LogP contribution in [0.3, 0.4) is 0 Å². The maximum atomic E-state index is 13.6. The quantitative estimate of drug-likeness (QED) is 0.706.